The summed E-state index contributed by atoms with van der Waals surface area (Å²) in [5, 5.41) is 11.1. The van der Waals surface area contributed by atoms with E-state index in [1.54, 1.807) is 19.9 Å². The number of nitro groups is 1. The summed E-state index contributed by atoms with van der Waals surface area (Å²) in [4.78, 5) is 26.6. The zero-order chi connectivity index (χ0) is 17.3. The quantitative estimate of drug-likeness (QED) is 0.631. The Bertz CT molecular complexity index is 651. The van der Waals surface area contributed by atoms with Crippen LogP contribution in [0.4, 0.5) is 5.69 Å². The SMILES string of the molecule is CC(=O)N1CCC2(CCN(Cc3ccc(C)c([N+](=O)[O-])c3)C2)CC1. The van der Waals surface area contributed by atoms with Crippen LogP contribution in [0.15, 0.2) is 18.2 Å². The van der Waals surface area contributed by atoms with Crippen LogP contribution in [0, 0.1) is 22.5 Å². The van der Waals surface area contributed by atoms with Gasteiger partial charge in [0.2, 0.25) is 5.91 Å². The highest BCUT2D eigenvalue weighted by Crippen LogP contribution is 2.40. The molecule has 0 unspecified atom stereocenters. The number of piperidine rings is 1. The lowest BCUT2D eigenvalue weighted by Crippen LogP contribution is -2.43. The lowest BCUT2D eigenvalue weighted by atomic mass is 9.78. The van der Waals surface area contributed by atoms with E-state index in [9.17, 15) is 14.9 Å². The van der Waals surface area contributed by atoms with Crippen LogP contribution in [-0.2, 0) is 11.3 Å². The molecule has 2 fully saturated rings. The molecule has 2 aliphatic rings. The summed E-state index contributed by atoms with van der Waals surface area (Å²) in [5.41, 5.74) is 2.24. The number of carbonyl (C=O) groups excluding carboxylic acids is 1. The molecular weight excluding hydrogens is 306 g/mol. The summed E-state index contributed by atoms with van der Waals surface area (Å²) >= 11 is 0. The van der Waals surface area contributed by atoms with Gasteiger partial charge in [-0.25, -0.2) is 0 Å². The molecule has 2 aliphatic heterocycles. The van der Waals surface area contributed by atoms with Crippen molar-refractivity contribution in [3.8, 4) is 0 Å². The first kappa shape index (κ1) is 16.9. The Hall–Kier alpha value is -1.95. The van der Waals surface area contributed by atoms with Crippen molar-refractivity contribution in [2.45, 2.75) is 39.7 Å². The maximum atomic E-state index is 11.5. The van der Waals surface area contributed by atoms with Gasteiger partial charge in [-0.15, -0.1) is 0 Å². The van der Waals surface area contributed by atoms with E-state index in [2.05, 4.69) is 4.90 Å². The van der Waals surface area contributed by atoms with Crippen LogP contribution >= 0.6 is 0 Å². The zero-order valence-electron chi connectivity index (χ0n) is 14.5. The third kappa shape index (κ3) is 3.43. The minimum atomic E-state index is -0.304. The number of rotatable bonds is 3. The molecule has 24 heavy (non-hydrogen) atoms. The Morgan fingerprint density at radius 1 is 1.25 bits per heavy atom. The average molecular weight is 331 g/mol. The zero-order valence-corrected chi connectivity index (χ0v) is 14.5. The molecule has 3 rings (SSSR count). The largest absolute Gasteiger partial charge is 0.343 e. The first-order chi connectivity index (χ1) is 11.4. The maximum absolute atomic E-state index is 11.5. The molecule has 1 spiro atoms. The fourth-order valence-electron chi connectivity index (χ4n) is 4.07. The Morgan fingerprint density at radius 3 is 2.54 bits per heavy atom. The second kappa shape index (κ2) is 6.51. The first-order valence-electron chi connectivity index (χ1n) is 8.60. The number of hydrogen-bond donors (Lipinski definition) is 0. The Balaban J connectivity index is 1.62. The summed E-state index contributed by atoms with van der Waals surface area (Å²) in [6.07, 6.45) is 3.29. The van der Waals surface area contributed by atoms with Gasteiger partial charge < -0.3 is 4.90 Å². The highest BCUT2D eigenvalue weighted by Gasteiger charge is 2.40. The van der Waals surface area contributed by atoms with Gasteiger partial charge >= 0.3 is 0 Å². The maximum Gasteiger partial charge on any atom is 0.272 e. The van der Waals surface area contributed by atoms with Crippen LogP contribution in [0.1, 0.15) is 37.3 Å². The molecule has 2 heterocycles. The number of nitrogens with zero attached hydrogens (tertiary/aromatic N) is 3. The van der Waals surface area contributed by atoms with Crippen molar-refractivity contribution < 1.29 is 9.72 Å². The molecule has 1 amide bonds. The molecule has 6 heteroatoms. The molecule has 0 radical (unpaired) electrons. The van der Waals surface area contributed by atoms with Crippen LogP contribution in [0.2, 0.25) is 0 Å². The average Bonchev–Trinajstić information content (AvgIpc) is 2.92. The summed E-state index contributed by atoms with van der Waals surface area (Å²) in [6.45, 7) is 7.96. The number of benzene rings is 1. The molecule has 0 saturated carbocycles. The number of nitro benzene ring substituents is 1. The van der Waals surface area contributed by atoms with Gasteiger partial charge in [0.25, 0.3) is 5.69 Å². The van der Waals surface area contributed by atoms with E-state index in [0.717, 1.165) is 57.5 Å². The van der Waals surface area contributed by atoms with Crippen LogP contribution in [0.25, 0.3) is 0 Å². The minimum Gasteiger partial charge on any atom is -0.343 e. The summed E-state index contributed by atoms with van der Waals surface area (Å²) in [5.74, 6) is 0.173. The van der Waals surface area contributed by atoms with Crippen LogP contribution in [0.3, 0.4) is 0 Å². The number of amides is 1. The number of hydrogen-bond acceptors (Lipinski definition) is 4. The van der Waals surface area contributed by atoms with Gasteiger partial charge in [0.1, 0.15) is 0 Å². The normalized spacial score (nSPS) is 20.5. The summed E-state index contributed by atoms with van der Waals surface area (Å²) < 4.78 is 0. The van der Waals surface area contributed by atoms with Crippen molar-refractivity contribution in [1.82, 2.24) is 9.80 Å². The second-order valence-corrected chi connectivity index (χ2v) is 7.34. The van der Waals surface area contributed by atoms with E-state index in [0.29, 0.717) is 11.0 Å². The predicted octanol–water partition coefficient (Wildman–Crippen LogP) is 2.74. The molecule has 1 aromatic rings. The summed E-state index contributed by atoms with van der Waals surface area (Å²) in [7, 11) is 0. The van der Waals surface area contributed by atoms with E-state index >= 15 is 0 Å². The Morgan fingerprint density at radius 2 is 1.92 bits per heavy atom. The van der Waals surface area contributed by atoms with Crippen molar-refractivity contribution in [2.75, 3.05) is 26.2 Å². The van der Waals surface area contributed by atoms with Gasteiger partial charge in [-0.2, -0.15) is 0 Å². The molecule has 130 valence electrons. The minimum absolute atomic E-state index is 0.173. The van der Waals surface area contributed by atoms with Crippen molar-refractivity contribution in [3.05, 3.63) is 39.4 Å². The van der Waals surface area contributed by atoms with E-state index < -0.39 is 0 Å². The molecule has 0 bridgehead atoms. The number of carbonyl (C=O) groups is 1. The lowest BCUT2D eigenvalue weighted by Gasteiger charge is -2.39. The van der Waals surface area contributed by atoms with E-state index in [-0.39, 0.29) is 16.5 Å². The van der Waals surface area contributed by atoms with E-state index in [1.165, 1.54) is 0 Å². The van der Waals surface area contributed by atoms with Gasteiger partial charge in [0, 0.05) is 44.7 Å². The molecule has 6 nitrogen and oxygen atoms in total. The summed E-state index contributed by atoms with van der Waals surface area (Å²) in [6, 6.07) is 5.54. The van der Waals surface area contributed by atoms with E-state index in [1.807, 2.05) is 17.0 Å². The number of likely N-dealkylation sites (tertiary alicyclic amines) is 2. The standard InChI is InChI=1S/C18H25N3O3/c1-14-3-4-16(11-17(14)21(23)24)12-19-8-5-18(13-19)6-9-20(10-7-18)15(2)22/h3-4,11H,5-10,12-13H2,1-2H3. The van der Waals surface area contributed by atoms with Gasteiger partial charge in [-0.3, -0.25) is 19.8 Å². The van der Waals surface area contributed by atoms with Gasteiger partial charge in [0.15, 0.2) is 0 Å². The van der Waals surface area contributed by atoms with Gasteiger partial charge in [0.05, 0.1) is 4.92 Å². The second-order valence-electron chi connectivity index (χ2n) is 7.34. The predicted molar refractivity (Wildman–Crippen MR) is 91.6 cm³/mol. The topological polar surface area (TPSA) is 66.7 Å². The molecule has 0 atom stereocenters. The van der Waals surface area contributed by atoms with Crippen molar-refractivity contribution >= 4 is 11.6 Å². The first-order valence-corrected chi connectivity index (χ1v) is 8.60. The highest BCUT2D eigenvalue weighted by molar-refractivity contribution is 5.73. The van der Waals surface area contributed by atoms with Gasteiger partial charge in [-0.1, -0.05) is 12.1 Å². The van der Waals surface area contributed by atoms with Crippen molar-refractivity contribution in [1.29, 1.82) is 0 Å². The molecule has 0 aromatic heterocycles. The van der Waals surface area contributed by atoms with Gasteiger partial charge in [-0.05, 0) is 43.7 Å². The molecular formula is C18H25N3O3. The smallest absolute Gasteiger partial charge is 0.272 e. The molecule has 1 aromatic carbocycles. The van der Waals surface area contributed by atoms with Crippen LogP contribution in [-0.4, -0.2) is 46.8 Å². The fraction of sp³-hybridized carbons (Fsp3) is 0.611. The van der Waals surface area contributed by atoms with Crippen molar-refractivity contribution in [2.24, 2.45) is 5.41 Å². The highest BCUT2D eigenvalue weighted by atomic mass is 16.6. The van der Waals surface area contributed by atoms with Crippen molar-refractivity contribution in [3.63, 3.8) is 0 Å². The lowest BCUT2D eigenvalue weighted by molar-refractivity contribution is -0.385. The Labute approximate surface area is 142 Å². The fourth-order valence-corrected chi connectivity index (χ4v) is 4.07. The monoisotopic (exact) mass is 331 g/mol. The molecule has 2 saturated heterocycles. The third-order valence-electron chi connectivity index (χ3n) is 5.66. The third-order valence-corrected chi connectivity index (χ3v) is 5.66. The molecule has 0 aliphatic carbocycles. The molecule has 0 N–H and O–H groups in total. The Kier molecular flexibility index (Phi) is 4.58. The van der Waals surface area contributed by atoms with E-state index in [4.69, 9.17) is 0 Å². The van der Waals surface area contributed by atoms with Crippen LogP contribution < -0.4 is 0 Å². The number of aryl methyl sites for hydroxylation is 1. The van der Waals surface area contributed by atoms with Crippen LogP contribution in [0.5, 0.6) is 0 Å².